The normalized spacial score (nSPS) is 12.5. The van der Waals surface area contributed by atoms with E-state index in [1.54, 1.807) is 30.1 Å². The molecule has 6 heteroatoms. The van der Waals surface area contributed by atoms with Gasteiger partial charge in [-0.05, 0) is 18.2 Å². The Bertz CT molecular complexity index is 452. The zero-order valence-electron chi connectivity index (χ0n) is 10.7. The number of halogens is 1. The second kappa shape index (κ2) is 6.77. The lowest BCUT2D eigenvalue weighted by Crippen LogP contribution is -2.30. The van der Waals surface area contributed by atoms with Crippen molar-refractivity contribution in [1.29, 1.82) is 0 Å². The molecule has 5 nitrogen and oxygen atoms in total. The summed E-state index contributed by atoms with van der Waals surface area (Å²) in [6, 6.07) is 5.21. The van der Waals surface area contributed by atoms with Crippen LogP contribution in [0.1, 0.15) is 10.4 Å². The van der Waals surface area contributed by atoms with Crippen molar-refractivity contribution in [2.24, 2.45) is 0 Å². The molecule has 0 unspecified atom stereocenters. The minimum atomic E-state index is -0.0549. The van der Waals surface area contributed by atoms with Gasteiger partial charge in [-0.15, -0.1) is 0 Å². The highest BCUT2D eigenvalue weighted by molar-refractivity contribution is 9.09. The average Bonchev–Trinajstić information content (AvgIpc) is 2.89. The summed E-state index contributed by atoms with van der Waals surface area (Å²) in [5.41, 5.74) is 0.590. The third kappa shape index (κ3) is 3.61. The number of fused-ring (bicyclic) bond motifs is 1. The van der Waals surface area contributed by atoms with Gasteiger partial charge in [0.15, 0.2) is 11.5 Å². The molecule has 0 aliphatic carbocycles. The maximum atomic E-state index is 12.2. The van der Waals surface area contributed by atoms with E-state index in [0.29, 0.717) is 36.8 Å². The van der Waals surface area contributed by atoms with Gasteiger partial charge in [0, 0.05) is 24.5 Å². The number of likely N-dealkylation sites (N-methyl/N-ethyl adjacent to an activating group) is 1. The van der Waals surface area contributed by atoms with Crippen LogP contribution in [0.25, 0.3) is 0 Å². The van der Waals surface area contributed by atoms with Crippen molar-refractivity contribution in [3.8, 4) is 11.5 Å². The van der Waals surface area contributed by atoms with Crippen LogP contribution in [0.15, 0.2) is 18.2 Å². The van der Waals surface area contributed by atoms with Crippen LogP contribution >= 0.6 is 15.9 Å². The van der Waals surface area contributed by atoms with E-state index >= 15 is 0 Å². The van der Waals surface area contributed by atoms with Crippen LogP contribution < -0.4 is 9.47 Å². The number of alkyl halides is 1. The minimum absolute atomic E-state index is 0.0549. The fourth-order valence-corrected chi connectivity index (χ4v) is 1.94. The zero-order valence-corrected chi connectivity index (χ0v) is 12.3. The van der Waals surface area contributed by atoms with E-state index < -0.39 is 0 Å². The number of rotatable bonds is 6. The van der Waals surface area contributed by atoms with E-state index in [2.05, 4.69) is 15.9 Å². The maximum absolute atomic E-state index is 12.2. The number of nitrogens with zero attached hydrogens (tertiary/aromatic N) is 1. The number of carbonyl (C=O) groups is 1. The Morgan fingerprint density at radius 1 is 1.37 bits per heavy atom. The summed E-state index contributed by atoms with van der Waals surface area (Å²) in [6.07, 6.45) is 0. The molecule has 0 saturated heterocycles. The van der Waals surface area contributed by atoms with Crippen molar-refractivity contribution in [3.05, 3.63) is 23.8 Å². The number of amides is 1. The van der Waals surface area contributed by atoms with E-state index in [9.17, 15) is 4.79 Å². The van der Waals surface area contributed by atoms with Crippen LogP contribution in [-0.4, -0.2) is 49.7 Å². The smallest absolute Gasteiger partial charge is 0.253 e. The first-order chi connectivity index (χ1) is 9.22. The molecular weight excluding hydrogens is 314 g/mol. The van der Waals surface area contributed by atoms with Crippen LogP contribution in [0.2, 0.25) is 0 Å². The van der Waals surface area contributed by atoms with Gasteiger partial charge in [-0.25, -0.2) is 0 Å². The van der Waals surface area contributed by atoms with Gasteiger partial charge in [0.2, 0.25) is 6.79 Å². The van der Waals surface area contributed by atoms with Crippen LogP contribution in [0.4, 0.5) is 0 Å². The Kier molecular flexibility index (Phi) is 5.04. The SMILES string of the molecule is CN(CCOCCBr)C(=O)c1ccc2c(c1)OCO2. The first-order valence-electron chi connectivity index (χ1n) is 6.01. The highest BCUT2D eigenvalue weighted by Crippen LogP contribution is 2.32. The standard InChI is InChI=1S/C13H16BrNO4/c1-15(5-7-17-6-4-14)13(16)10-2-3-11-12(8-10)19-9-18-11/h2-3,8H,4-7,9H2,1H3. The van der Waals surface area contributed by atoms with Gasteiger partial charge in [-0.1, -0.05) is 15.9 Å². The van der Waals surface area contributed by atoms with Crippen molar-refractivity contribution in [3.63, 3.8) is 0 Å². The Morgan fingerprint density at radius 3 is 2.95 bits per heavy atom. The van der Waals surface area contributed by atoms with E-state index in [0.717, 1.165) is 5.33 Å². The molecule has 2 rings (SSSR count). The lowest BCUT2D eigenvalue weighted by atomic mass is 10.2. The summed E-state index contributed by atoms with van der Waals surface area (Å²) >= 11 is 3.28. The number of ether oxygens (including phenoxy) is 3. The van der Waals surface area contributed by atoms with Gasteiger partial charge in [0.05, 0.1) is 13.2 Å². The van der Waals surface area contributed by atoms with Crippen LogP contribution in [-0.2, 0) is 4.74 Å². The number of hydrogen-bond donors (Lipinski definition) is 0. The molecule has 1 aromatic rings. The van der Waals surface area contributed by atoms with Gasteiger partial charge in [-0.3, -0.25) is 4.79 Å². The first-order valence-corrected chi connectivity index (χ1v) is 7.13. The molecule has 0 saturated carbocycles. The molecule has 1 amide bonds. The molecule has 0 bridgehead atoms. The van der Waals surface area contributed by atoms with E-state index in [1.807, 2.05) is 0 Å². The van der Waals surface area contributed by atoms with Crippen LogP contribution in [0.3, 0.4) is 0 Å². The average molecular weight is 330 g/mol. The second-order valence-corrected chi connectivity index (χ2v) is 4.89. The molecule has 0 atom stereocenters. The van der Waals surface area contributed by atoms with Crippen molar-refractivity contribution >= 4 is 21.8 Å². The number of hydrogen-bond acceptors (Lipinski definition) is 4. The molecule has 1 aliphatic heterocycles. The zero-order chi connectivity index (χ0) is 13.7. The fraction of sp³-hybridized carbons (Fsp3) is 0.462. The highest BCUT2D eigenvalue weighted by atomic mass is 79.9. The topological polar surface area (TPSA) is 48.0 Å². The molecule has 1 heterocycles. The first kappa shape index (κ1) is 14.1. The Morgan fingerprint density at radius 2 is 2.16 bits per heavy atom. The lowest BCUT2D eigenvalue weighted by Gasteiger charge is -2.17. The van der Waals surface area contributed by atoms with Crippen molar-refractivity contribution in [2.75, 3.05) is 38.9 Å². The van der Waals surface area contributed by atoms with Gasteiger partial charge in [0.1, 0.15) is 0 Å². The van der Waals surface area contributed by atoms with Crippen molar-refractivity contribution in [1.82, 2.24) is 4.90 Å². The van der Waals surface area contributed by atoms with E-state index in [-0.39, 0.29) is 12.7 Å². The Hall–Kier alpha value is -1.27. The van der Waals surface area contributed by atoms with Gasteiger partial charge in [0.25, 0.3) is 5.91 Å². The summed E-state index contributed by atoms with van der Waals surface area (Å²) in [7, 11) is 1.75. The number of carbonyl (C=O) groups excluding carboxylic acids is 1. The third-order valence-corrected chi connectivity index (χ3v) is 3.08. The lowest BCUT2D eigenvalue weighted by molar-refractivity contribution is 0.0712. The summed E-state index contributed by atoms with van der Waals surface area (Å²) in [5.74, 6) is 1.25. The molecule has 19 heavy (non-hydrogen) atoms. The predicted molar refractivity (Wildman–Crippen MR) is 74.1 cm³/mol. The molecule has 1 aromatic carbocycles. The fourth-order valence-electron chi connectivity index (χ4n) is 1.71. The van der Waals surface area contributed by atoms with Gasteiger partial charge >= 0.3 is 0 Å². The largest absolute Gasteiger partial charge is 0.454 e. The second-order valence-electron chi connectivity index (χ2n) is 4.10. The highest BCUT2D eigenvalue weighted by Gasteiger charge is 2.18. The monoisotopic (exact) mass is 329 g/mol. The summed E-state index contributed by atoms with van der Waals surface area (Å²) in [4.78, 5) is 13.8. The molecule has 0 spiro atoms. The molecule has 104 valence electrons. The third-order valence-electron chi connectivity index (χ3n) is 2.76. The Balaban J connectivity index is 1.91. The predicted octanol–water partition coefficient (Wildman–Crippen LogP) is 1.90. The van der Waals surface area contributed by atoms with Crippen molar-refractivity contribution < 1.29 is 19.0 Å². The van der Waals surface area contributed by atoms with E-state index in [4.69, 9.17) is 14.2 Å². The van der Waals surface area contributed by atoms with E-state index in [1.165, 1.54) is 0 Å². The summed E-state index contributed by atoms with van der Waals surface area (Å²) < 4.78 is 15.8. The molecule has 0 aromatic heterocycles. The van der Waals surface area contributed by atoms with Crippen molar-refractivity contribution in [2.45, 2.75) is 0 Å². The van der Waals surface area contributed by atoms with Crippen LogP contribution in [0.5, 0.6) is 11.5 Å². The van der Waals surface area contributed by atoms with Gasteiger partial charge in [-0.2, -0.15) is 0 Å². The molecule has 0 N–H and O–H groups in total. The van der Waals surface area contributed by atoms with Gasteiger partial charge < -0.3 is 19.1 Å². The quantitative estimate of drug-likeness (QED) is 0.590. The van der Waals surface area contributed by atoms with Crippen LogP contribution in [0, 0.1) is 0 Å². The molecule has 0 fully saturated rings. The molecular formula is C13H16BrNO4. The Labute approximate surface area is 120 Å². The molecule has 1 aliphatic rings. The number of benzene rings is 1. The summed E-state index contributed by atoms with van der Waals surface area (Å²) in [6.45, 7) is 1.94. The summed E-state index contributed by atoms with van der Waals surface area (Å²) in [5, 5.41) is 0.798. The maximum Gasteiger partial charge on any atom is 0.253 e. The molecule has 0 radical (unpaired) electrons. The minimum Gasteiger partial charge on any atom is -0.454 e.